The SMILES string of the molecule is C=C(F)c1c(C(F)(F)F)nn(Cc2ccc(OC)cc2)c1CC=O. The Labute approximate surface area is 135 Å². The molecule has 0 saturated carbocycles. The first-order chi connectivity index (χ1) is 11.3. The van der Waals surface area contributed by atoms with E-state index >= 15 is 0 Å². The maximum absolute atomic E-state index is 13.6. The van der Waals surface area contributed by atoms with Crippen molar-refractivity contribution in [1.29, 1.82) is 0 Å². The highest BCUT2D eigenvalue weighted by Crippen LogP contribution is 2.36. The van der Waals surface area contributed by atoms with Gasteiger partial charge in [-0.15, -0.1) is 0 Å². The Balaban J connectivity index is 2.51. The number of hydrogen-bond donors (Lipinski definition) is 0. The minimum atomic E-state index is -4.85. The normalized spacial score (nSPS) is 11.4. The highest BCUT2D eigenvalue weighted by molar-refractivity contribution is 5.66. The number of methoxy groups -OCH3 is 1. The number of halogens is 4. The summed E-state index contributed by atoms with van der Waals surface area (Å²) in [5.41, 5.74) is -1.71. The predicted molar refractivity (Wildman–Crippen MR) is 79.2 cm³/mol. The molecule has 0 fully saturated rings. The molecule has 8 heteroatoms. The van der Waals surface area contributed by atoms with Crippen LogP contribution in [0.1, 0.15) is 22.5 Å². The van der Waals surface area contributed by atoms with E-state index in [0.29, 0.717) is 17.6 Å². The lowest BCUT2D eigenvalue weighted by atomic mass is 10.1. The topological polar surface area (TPSA) is 44.1 Å². The van der Waals surface area contributed by atoms with Crippen molar-refractivity contribution >= 4 is 12.1 Å². The number of rotatable bonds is 6. The molecule has 1 aromatic carbocycles. The van der Waals surface area contributed by atoms with Gasteiger partial charge in [0.1, 0.15) is 17.9 Å². The summed E-state index contributed by atoms with van der Waals surface area (Å²) in [5, 5.41) is 3.46. The van der Waals surface area contributed by atoms with Gasteiger partial charge in [0, 0.05) is 6.42 Å². The van der Waals surface area contributed by atoms with Crippen molar-refractivity contribution in [2.75, 3.05) is 7.11 Å². The van der Waals surface area contributed by atoms with Gasteiger partial charge in [-0.25, -0.2) is 4.39 Å². The Morgan fingerprint density at radius 2 is 1.96 bits per heavy atom. The summed E-state index contributed by atoms with van der Waals surface area (Å²) < 4.78 is 58.8. The number of carbonyl (C=O) groups excluding carboxylic acids is 1. The van der Waals surface area contributed by atoms with Crippen molar-refractivity contribution in [2.45, 2.75) is 19.1 Å². The van der Waals surface area contributed by atoms with Crippen molar-refractivity contribution in [3.05, 3.63) is 53.4 Å². The van der Waals surface area contributed by atoms with Gasteiger partial charge in [0.05, 0.1) is 24.9 Å². The number of alkyl halides is 3. The van der Waals surface area contributed by atoms with Gasteiger partial charge >= 0.3 is 6.18 Å². The standard InChI is InChI=1S/C16H14F4N2O2/c1-10(17)14-13(7-8-23)22(21-15(14)16(18,19)20)9-11-3-5-12(24-2)6-4-11/h3-6,8H,1,7,9H2,2H3. The van der Waals surface area contributed by atoms with Crippen LogP contribution >= 0.6 is 0 Å². The fourth-order valence-electron chi connectivity index (χ4n) is 2.30. The minimum absolute atomic E-state index is 0.0521. The van der Waals surface area contributed by atoms with Crippen LogP contribution < -0.4 is 4.74 Å². The van der Waals surface area contributed by atoms with E-state index in [0.717, 1.165) is 4.68 Å². The van der Waals surface area contributed by atoms with Gasteiger partial charge in [0.15, 0.2) is 5.69 Å². The van der Waals surface area contributed by atoms with E-state index in [-0.39, 0.29) is 12.2 Å². The molecule has 0 aliphatic carbocycles. The molecule has 0 unspecified atom stereocenters. The Kier molecular flexibility index (Phi) is 5.06. The molecule has 1 aromatic heterocycles. The second-order valence-corrected chi connectivity index (χ2v) is 4.95. The van der Waals surface area contributed by atoms with E-state index in [1.807, 2.05) is 0 Å². The van der Waals surface area contributed by atoms with Crippen LogP contribution in [-0.2, 0) is 23.9 Å². The van der Waals surface area contributed by atoms with Crippen LogP contribution in [0.4, 0.5) is 17.6 Å². The third-order valence-corrected chi connectivity index (χ3v) is 3.37. The molecule has 128 valence electrons. The molecule has 24 heavy (non-hydrogen) atoms. The molecular weight excluding hydrogens is 328 g/mol. The monoisotopic (exact) mass is 342 g/mol. The summed E-state index contributed by atoms with van der Waals surface area (Å²) >= 11 is 0. The summed E-state index contributed by atoms with van der Waals surface area (Å²) in [5.74, 6) is -0.693. The Hall–Kier alpha value is -2.64. The molecule has 2 aromatic rings. The molecule has 0 N–H and O–H groups in total. The summed E-state index contributed by atoms with van der Waals surface area (Å²) in [6, 6.07) is 6.56. The summed E-state index contributed by atoms with van der Waals surface area (Å²) in [6.45, 7) is 2.88. The van der Waals surface area contributed by atoms with Gasteiger partial charge in [-0.05, 0) is 17.7 Å². The zero-order valence-electron chi connectivity index (χ0n) is 12.7. The van der Waals surface area contributed by atoms with Crippen molar-refractivity contribution < 1.29 is 27.1 Å². The quantitative estimate of drug-likeness (QED) is 0.595. The molecule has 0 aliphatic rings. The average Bonchev–Trinajstić information content (AvgIpc) is 2.87. The molecule has 0 aliphatic heterocycles. The predicted octanol–water partition coefficient (Wildman–Crippen LogP) is 3.64. The van der Waals surface area contributed by atoms with E-state index < -0.39 is 29.7 Å². The first-order valence-electron chi connectivity index (χ1n) is 6.86. The van der Waals surface area contributed by atoms with Crippen LogP contribution in [0.5, 0.6) is 5.75 Å². The summed E-state index contributed by atoms with van der Waals surface area (Å²) in [4.78, 5) is 10.8. The zero-order valence-corrected chi connectivity index (χ0v) is 12.7. The molecule has 0 bridgehead atoms. The van der Waals surface area contributed by atoms with E-state index in [9.17, 15) is 22.4 Å². The average molecular weight is 342 g/mol. The molecule has 2 rings (SSSR count). The van der Waals surface area contributed by atoms with Gasteiger partial charge in [-0.2, -0.15) is 18.3 Å². The van der Waals surface area contributed by atoms with E-state index in [2.05, 4.69) is 11.7 Å². The molecular formula is C16H14F4N2O2. The van der Waals surface area contributed by atoms with Crippen molar-refractivity contribution in [3.63, 3.8) is 0 Å². The van der Waals surface area contributed by atoms with Gasteiger partial charge in [-0.3, -0.25) is 4.68 Å². The van der Waals surface area contributed by atoms with Crippen LogP contribution in [0.15, 0.2) is 30.8 Å². The summed E-state index contributed by atoms with van der Waals surface area (Å²) in [7, 11) is 1.49. The number of hydrogen-bond acceptors (Lipinski definition) is 3. The van der Waals surface area contributed by atoms with Crippen LogP contribution in [-0.4, -0.2) is 23.2 Å². The number of benzene rings is 1. The molecule has 0 atom stereocenters. The third kappa shape index (κ3) is 3.64. The fourth-order valence-corrected chi connectivity index (χ4v) is 2.30. The molecule has 4 nitrogen and oxygen atoms in total. The van der Waals surface area contributed by atoms with Crippen molar-refractivity contribution in [1.82, 2.24) is 9.78 Å². The molecule has 1 heterocycles. The second kappa shape index (κ2) is 6.86. The van der Waals surface area contributed by atoms with Crippen LogP contribution in [0.2, 0.25) is 0 Å². The first kappa shape index (κ1) is 17.7. The number of aromatic nitrogens is 2. The Morgan fingerprint density at radius 3 is 2.42 bits per heavy atom. The maximum Gasteiger partial charge on any atom is 0.435 e. The number of nitrogens with zero attached hydrogens (tertiary/aromatic N) is 2. The fraction of sp³-hybridized carbons (Fsp3) is 0.250. The minimum Gasteiger partial charge on any atom is -0.497 e. The highest BCUT2D eigenvalue weighted by Gasteiger charge is 2.40. The lowest BCUT2D eigenvalue weighted by molar-refractivity contribution is -0.141. The van der Waals surface area contributed by atoms with Gasteiger partial charge in [-0.1, -0.05) is 18.7 Å². The maximum atomic E-state index is 13.6. The Bertz CT molecular complexity index is 749. The van der Waals surface area contributed by atoms with Gasteiger partial charge < -0.3 is 9.53 Å². The molecule has 0 spiro atoms. The van der Waals surface area contributed by atoms with Crippen LogP contribution in [0, 0.1) is 0 Å². The largest absolute Gasteiger partial charge is 0.497 e. The first-order valence-corrected chi connectivity index (χ1v) is 6.86. The molecule has 0 saturated heterocycles. The lowest BCUT2D eigenvalue weighted by Gasteiger charge is -2.07. The number of ether oxygens (including phenoxy) is 1. The van der Waals surface area contributed by atoms with E-state index in [4.69, 9.17) is 4.74 Å². The van der Waals surface area contributed by atoms with E-state index in [1.54, 1.807) is 24.3 Å². The van der Waals surface area contributed by atoms with Crippen LogP contribution in [0.25, 0.3) is 5.83 Å². The van der Waals surface area contributed by atoms with Gasteiger partial charge in [0.2, 0.25) is 0 Å². The number of carbonyl (C=O) groups is 1. The summed E-state index contributed by atoms with van der Waals surface area (Å²) in [6.07, 6.45) is -4.86. The highest BCUT2D eigenvalue weighted by atomic mass is 19.4. The second-order valence-electron chi connectivity index (χ2n) is 4.95. The lowest BCUT2D eigenvalue weighted by Crippen LogP contribution is -2.10. The van der Waals surface area contributed by atoms with Gasteiger partial charge in [0.25, 0.3) is 0 Å². The molecule has 0 amide bonds. The van der Waals surface area contributed by atoms with Crippen molar-refractivity contribution in [3.8, 4) is 5.75 Å². The Morgan fingerprint density at radius 1 is 1.33 bits per heavy atom. The van der Waals surface area contributed by atoms with Crippen molar-refractivity contribution in [2.24, 2.45) is 0 Å². The zero-order chi connectivity index (χ0) is 17.9. The smallest absolute Gasteiger partial charge is 0.435 e. The molecule has 0 radical (unpaired) electrons. The van der Waals surface area contributed by atoms with Crippen LogP contribution in [0.3, 0.4) is 0 Å². The number of aldehydes is 1. The third-order valence-electron chi connectivity index (χ3n) is 3.37. The van der Waals surface area contributed by atoms with E-state index in [1.165, 1.54) is 7.11 Å².